The molecule has 3 heterocycles. The molecule has 0 aliphatic carbocycles. The highest BCUT2D eigenvalue weighted by atomic mass is 15.3. The van der Waals surface area contributed by atoms with E-state index in [0.29, 0.717) is 11.5 Å². The van der Waals surface area contributed by atoms with Gasteiger partial charge in [-0.3, -0.25) is 4.98 Å². The van der Waals surface area contributed by atoms with Crippen LogP contribution in [0.2, 0.25) is 0 Å². The second-order valence-corrected chi connectivity index (χ2v) is 5.94. The van der Waals surface area contributed by atoms with E-state index in [1.807, 2.05) is 31.5 Å². The summed E-state index contributed by atoms with van der Waals surface area (Å²) in [4.78, 5) is 6.70. The lowest BCUT2D eigenvalue weighted by Gasteiger charge is -2.34. The number of aromatic nitrogens is 4. The Morgan fingerprint density at radius 3 is 2.86 bits per heavy atom. The van der Waals surface area contributed by atoms with Gasteiger partial charge in [-0.1, -0.05) is 0 Å². The zero-order valence-corrected chi connectivity index (χ0v) is 13.2. The largest absolute Gasteiger partial charge is 0.370 e. The Morgan fingerprint density at radius 2 is 2.18 bits per heavy atom. The maximum atomic E-state index is 9.47. The summed E-state index contributed by atoms with van der Waals surface area (Å²) >= 11 is 0. The van der Waals surface area contributed by atoms with Crippen LogP contribution in [0.4, 0.5) is 5.69 Å². The Balaban J connectivity index is 1.93. The second-order valence-electron chi connectivity index (χ2n) is 5.94. The zero-order chi connectivity index (χ0) is 15.7. The Hall–Kier alpha value is -2.42. The SMILES string of the molecule is Cc1cc(N2CCCC(c3nncn3C)C2)c(C#N)c(C)n1. The maximum Gasteiger partial charge on any atom is 0.137 e. The number of nitrogens with zero attached hydrogens (tertiary/aromatic N) is 6. The highest BCUT2D eigenvalue weighted by Crippen LogP contribution is 2.31. The summed E-state index contributed by atoms with van der Waals surface area (Å²) in [5.41, 5.74) is 3.44. The van der Waals surface area contributed by atoms with Gasteiger partial charge in [-0.05, 0) is 32.8 Å². The van der Waals surface area contributed by atoms with Crippen molar-refractivity contribution in [2.45, 2.75) is 32.6 Å². The van der Waals surface area contributed by atoms with Gasteiger partial charge in [0, 0.05) is 31.7 Å². The van der Waals surface area contributed by atoms with Gasteiger partial charge >= 0.3 is 0 Å². The van der Waals surface area contributed by atoms with Crippen molar-refractivity contribution < 1.29 is 0 Å². The summed E-state index contributed by atoms with van der Waals surface area (Å²) in [5, 5.41) is 17.7. The molecule has 1 aliphatic heterocycles. The Kier molecular flexibility index (Phi) is 3.80. The van der Waals surface area contributed by atoms with E-state index in [1.165, 1.54) is 0 Å². The van der Waals surface area contributed by atoms with Crippen LogP contribution in [0.5, 0.6) is 0 Å². The van der Waals surface area contributed by atoms with E-state index in [4.69, 9.17) is 0 Å². The average molecular weight is 296 g/mol. The number of anilines is 1. The first-order valence-electron chi connectivity index (χ1n) is 7.57. The fraction of sp³-hybridized carbons (Fsp3) is 0.500. The molecule has 114 valence electrons. The van der Waals surface area contributed by atoms with E-state index in [9.17, 15) is 5.26 Å². The lowest BCUT2D eigenvalue weighted by Crippen LogP contribution is -2.36. The van der Waals surface area contributed by atoms with Crippen LogP contribution in [0.15, 0.2) is 12.4 Å². The van der Waals surface area contributed by atoms with Gasteiger partial charge in [0.15, 0.2) is 0 Å². The van der Waals surface area contributed by atoms with Crippen LogP contribution in [-0.2, 0) is 7.05 Å². The number of nitriles is 1. The normalized spacial score (nSPS) is 18.3. The molecular formula is C16H20N6. The van der Waals surface area contributed by atoms with E-state index in [0.717, 1.165) is 48.8 Å². The summed E-state index contributed by atoms with van der Waals surface area (Å²) in [6.07, 6.45) is 3.94. The first-order valence-corrected chi connectivity index (χ1v) is 7.57. The zero-order valence-electron chi connectivity index (χ0n) is 13.2. The molecule has 1 atom stereocenters. The summed E-state index contributed by atoms with van der Waals surface area (Å²) in [6.45, 7) is 5.71. The fourth-order valence-electron chi connectivity index (χ4n) is 3.26. The third-order valence-electron chi connectivity index (χ3n) is 4.29. The molecule has 1 aliphatic rings. The highest BCUT2D eigenvalue weighted by molar-refractivity contribution is 5.62. The molecule has 0 radical (unpaired) electrons. The van der Waals surface area contributed by atoms with Crippen LogP contribution in [0, 0.1) is 25.2 Å². The molecule has 0 amide bonds. The van der Waals surface area contributed by atoms with Crippen LogP contribution in [-0.4, -0.2) is 32.8 Å². The molecule has 1 unspecified atom stereocenters. The van der Waals surface area contributed by atoms with Crippen molar-refractivity contribution >= 4 is 5.69 Å². The number of piperidine rings is 1. The molecule has 0 spiro atoms. The number of rotatable bonds is 2. The number of hydrogen-bond donors (Lipinski definition) is 0. The van der Waals surface area contributed by atoms with E-state index in [2.05, 4.69) is 26.2 Å². The number of hydrogen-bond acceptors (Lipinski definition) is 5. The van der Waals surface area contributed by atoms with Crippen LogP contribution in [0.3, 0.4) is 0 Å². The van der Waals surface area contributed by atoms with E-state index < -0.39 is 0 Å². The smallest absolute Gasteiger partial charge is 0.137 e. The lowest BCUT2D eigenvalue weighted by molar-refractivity contribution is 0.480. The van der Waals surface area contributed by atoms with Crippen molar-refractivity contribution in [3.63, 3.8) is 0 Å². The molecule has 0 N–H and O–H groups in total. The van der Waals surface area contributed by atoms with Gasteiger partial charge in [0.05, 0.1) is 16.9 Å². The molecule has 2 aromatic heterocycles. The monoisotopic (exact) mass is 296 g/mol. The minimum Gasteiger partial charge on any atom is -0.370 e. The van der Waals surface area contributed by atoms with Crippen molar-refractivity contribution in [3.05, 3.63) is 35.2 Å². The van der Waals surface area contributed by atoms with Gasteiger partial charge < -0.3 is 9.47 Å². The molecule has 1 saturated heterocycles. The predicted molar refractivity (Wildman–Crippen MR) is 83.6 cm³/mol. The minimum absolute atomic E-state index is 0.349. The highest BCUT2D eigenvalue weighted by Gasteiger charge is 2.26. The molecule has 0 saturated carbocycles. The summed E-state index contributed by atoms with van der Waals surface area (Å²) in [5.74, 6) is 1.37. The van der Waals surface area contributed by atoms with Crippen LogP contribution >= 0.6 is 0 Å². The van der Waals surface area contributed by atoms with Gasteiger partial charge in [0.25, 0.3) is 0 Å². The summed E-state index contributed by atoms with van der Waals surface area (Å²) < 4.78 is 1.99. The summed E-state index contributed by atoms with van der Waals surface area (Å²) in [7, 11) is 1.98. The lowest BCUT2D eigenvalue weighted by atomic mass is 9.96. The van der Waals surface area contributed by atoms with Crippen molar-refractivity contribution in [2.24, 2.45) is 7.05 Å². The third-order valence-corrected chi connectivity index (χ3v) is 4.29. The van der Waals surface area contributed by atoms with Crippen LogP contribution in [0.25, 0.3) is 0 Å². The quantitative estimate of drug-likeness (QED) is 0.848. The molecule has 0 aromatic carbocycles. The standard InChI is InChI=1S/C16H20N6/c1-11-7-15(14(8-17)12(2)19-11)22-6-4-5-13(9-22)16-20-18-10-21(16)3/h7,10,13H,4-6,9H2,1-3H3. The van der Waals surface area contributed by atoms with Crippen molar-refractivity contribution in [1.29, 1.82) is 5.26 Å². The molecule has 2 aromatic rings. The molecule has 6 nitrogen and oxygen atoms in total. The molecule has 1 fully saturated rings. The molecule has 22 heavy (non-hydrogen) atoms. The van der Waals surface area contributed by atoms with E-state index >= 15 is 0 Å². The predicted octanol–water partition coefficient (Wildman–Crippen LogP) is 2.08. The van der Waals surface area contributed by atoms with Gasteiger partial charge in [0.1, 0.15) is 18.2 Å². The Morgan fingerprint density at radius 1 is 1.36 bits per heavy atom. The van der Waals surface area contributed by atoms with Crippen molar-refractivity contribution in [1.82, 2.24) is 19.7 Å². The van der Waals surface area contributed by atoms with Gasteiger partial charge in [0.2, 0.25) is 0 Å². The second kappa shape index (κ2) is 5.76. The topological polar surface area (TPSA) is 70.6 Å². The Bertz CT molecular complexity index is 727. The first-order chi connectivity index (χ1) is 10.6. The summed E-state index contributed by atoms with van der Waals surface area (Å²) in [6, 6.07) is 4.33. The fourth-order valence-corrected chi connectivity index (χ4v) is 3.26. The van der Waals surface area contributed by atoms with Gasteiger partial charge in [-0.2, -0.15) is 5.26 Å². The van der Waals surface area contributed by atoms with Crippen molar-refractivity contribution in [3.8, 4) is 6.07 Å². The molecular weight excluding hydrogens is 276 g/mol. The van der Waals surface area contributed by atoms with Crippen LogP contribution in [0.1, 0.15) is 41.5 Å². The molecule has 3 rings (SSSR count). The van der Waals surface area contributed by atoms with E-state index in [1.54, 1.807) is 6.33 Å². The van der Waals surface area contributed by atoms with Gasteiger partial charge in [-0.25, -0.2) is 0 Å². The van der Waals surface area contributed by atoms with Crippen LogP contribution < -0.4 is 4.90 Å². The van der Waals surface area contributed by atoms with Gasteiger partial charge in [-0.15, -0.1) is 10.2 Å². The first kappa shape index (κ1) is 14.5. The minimum atomic E-state index is 0.349. The molecule has 0 bridgehead atoms. The maximum absolute atomic E-state index is 9.47. The molecule has 6 heteroatoms. The van der Waals surface area contributed by atoms with Crippen molar-refractivity contribution in [2.75, 3.05) is 18.0 Å². The Labute approximate surface area is 130 Å². The number of pyridine rings is 1. The average Bonchev–Trinajstić information content (AvgIpc) is 2.93. The number of aryl methyl sites for hydroxylation is 3. The third kappa shape index (κ3) is 2.54. The van der Waals surface area contributed by atoms with E-state index in [-0.39, 0.29) is 0 Å².